The number of phenolic OH excluding ortho intramolecular Hbond substituents is 1. The van der Waals surface area contributed by atoms with E-state index in [2.05, 4.69) is 4.98 Å². The molecule has 1 aromatic heterocycles. The Labute approximate surface area is 150 Å². The highest BCUT2D eigenvalue weighted by Gasteiger charge is 2.16. The Morgan fingerprint density at radius 2 is 2.00 bits per heavy atom. The van der Waals surface area contributed by atoms with Crippen LogP contribution in [-0.4, -0.2) is 21.2 Å². The summed E-state index contributed by atoms with van der Waals surface area (Å²) in [5.74, 6) is -1.45. The van der Waals surface area contributed by atoms with Crippen LogP contribution in [0.25, 0.3) is 17.2 Å². The molecule has 0 atom stereocenters. The summed E-state index contributed by atoms with van der Waals surface area (Å²) in [5, 5.41) is 19.8. The lowest BCUT2D eigenvalue weighted by molar-refractivity contribution is -0.131. The van der Waals surface area contributed by atoms with Crippen LogP contribution >= 0.6 is 35.0 Å². The molecule has 1 heterocycles. The molecule has 0 aliphatic carbocycles. The molecule has 0 aliphatic rings. The fourth-order valence-electron chi connectivity index (χ4n) is 1.96. The Bertz CT molecular complexity index is 935. The zero-order valence-electron chi connectivity index (χ0n) is 11.9. The number of carboxylic acid groups (broad SMARTS) is 1. The van der Waals surface area contributed by atoms with Crippen molar-refractivity contribution in [1.82, 2.24) is 4.98 Å². The first-order valence-corrected chi connectivity index (χ1v) is 8.17. The highest BCUT2D eigenvalue weighted by molar-refractivity contribution is 8.03. The van der Waals surface area contributed by atoms with Gasteiger partial charge in [-0.1, -0.05) is 35.3 Å². The number of thioether (sulfide) groups is 1. The maximum atomic E-state index is 11.5. The molecular formula is C16H9Cl2NO4S. The summed E-state index contributed by atoms with van der Waals surface area (Å²) in [4.78, 5) is 15.6. The molecular weight excluding hydrogens is 373 g/mol. The number of benzene rings is 2. The number of rotatable bonds is 4. The largest absolute Gasteiger partial charge is 0.506 e. The van der Waals surface area contributed by atoms with Gasteiger partial charge in [-0.2, -0.15) is 0 Å². The molecule has 24 heavy (non-hydrogen) atoms. The Kier molecular flexibility index (Phi) is 4.71. The number of hydrogen-bond donors (Lipinski definition) is 2. The number of phenols is 1. The van der Waals surface area contributed by atoms with Crippen LogP contribution in [0.3, 0.4) is 0 Å². The number of nitrogens with zero attached hydrogens (tertiary/aromatic N) is 1. The van der Waals surface area contributed by atoms with Crippen molar-refractivity contribution in [1.29, 1.82) is 0 Å². The van der Waals surface area contributed by atoms with Crippen molar-refractivity contribution in [2.24, 2.45) is 0 Å². The summed E-state index contributed by atoms with van der Waals surface area (Å²) in [5.41, 5.74) is 1.37. The molecule has 0 saturated heterocycles. The van der Waals surface area contributed by atoms with E-state index in [1.54, 1.807) is 24.3 Å². The summed E-state index contributed by atoms with van der Waals surface area (Å²) in [6, 6.07) is 9.87. The van der Waals surface area contributed by atoms with Crippen molar-refractivity contribution in [3.63, 3.8) is 0 Å². The summed E-state index contributed by atoms with van der Waals surface area (Å²) < 4.78 is 5.50. The predicted molar refractivity (Wildman–Crippen MR) is 93.6 cm³/mol. The molecule has 2 aromatic carbocycles. The van der Waals surface area contributed by atoms with Crippen LogP contribution in [-0.2, 0) is 4.79 Å². The molecule has 0 spiro atoms. The van der Waals surface area contributed by atoms with Gasteiger partial charge in [-0.15, -0.1) is 0 Å². The number of aromatic hydroxyl groups is 1. The summed E-state index contributed by atoms with van der Waals surface area (Å²) in [6.07, 6.45) is 1.26. The number of carboxylic acids is 1. The van der Waals surface area contributed by atoms with E-state index in [1.807, 2.05) is 0 Å². The number of fused-ring (bicyclic) bond motifs is 1. The predicted octanol–water partition coefficient (Wildman–Crippen LogP) is 5.06. The van der Waals surface area contributed by atoms with E-state index in [1.165, 1.54) is 18.2 Å². The molecule has 0 unspecified atom stereocenters. The van der Waals surface area contributed by atoms with Gasteiger partial charge >= 0.3 is 5.97 Å². The fraction of sp³-hybridized carbons (Fsp3) is 0. The third kappa shape index (κ3) is 3.51. The Morgan fingerprint density at radius 3 is 2.71 bits per heavy atom. The minimum absolute atomic E-state index is 0.0327. The zero-order valence-corrected chi connectivity index (χ0v) is 14.2. The third-order valence-electron chi connectivity index (χ3n) is 3.03. The average Bonchev–Trinajstić information content (AvgIpc) is 2.93. The lowest BCUT2D eigenvalue weighted by Crippen LogP contribution is -1.97. The Balaban J connectivity index is 1.99. The van der Waals surface area contributed by atoms with Gasteiger partial charge in [-0.25, -0.2) is 9.78 Å². The first kappa shape index (κ1) is 16.7. The molecule has 3 aromatic rings. The van der Waals surface area contributed by atoms with E-state index < -0.39 is 5.97 Å². The molecule has 5 nitrogen and oxygen atoms in total. The molecule has 0 radical (unpaired) electrons. The van der Waals surface area contributed by atoms with Crippen LogP contribution in [0.15, 0.2) is 50.9 Å². The second-order valence-corrected chi connectivity index (χ2v) is 6.53. The van der Waals surface area contributed by atoms with Gasteiger partial charge in [-0.3, -0.25) is 0 Å². The molecule has 2 N–H and O–H groups in total. The van der Waals surface area contributed by atoms with E-state index in [-0.39, 0.29) is 31.5 Å². The van der Waals surface area contributed by atoms with Gasteiger partial charge in [0.1, 0.15) is 16.2 Å². The van der Waals surface area contributed by atoms with Crippen molar-refractivity contribution in [2.75, 3.05) is 0 Å². The molecule has 0 aliphatic heterocycles. The standard InChI is InChI=1S/C16H9Cl2NO4S/c17-9-5-8(14(20)10(18)7-9)6-13(15(21)22)24-16-19-11-3-1-2-4-12(11)23-16/h1-7,20H,(H,21,22)/b13-6-. The van der Waals surface area contributed by atoms with Gasteiger partial charge in [0, 0.05) is 10.6 Å². The molecule has 0 amide bonds. The SMILES string of the molecule is O=C(O)/C(=C/c1cc(Cl)cc(Cl)c1O)Sc1nc2ccccc2o1. The maximum absolute atomic E-state index is 11.5. The first-order valence-electron chi connectivity index (χ1n) is 6.60. The van der Waals surface area contributed by atoms with Crippen molar-refractivity contribution < 1.29 is 19.4 Å². The number of para-hydroxylation sites is 2. The molecule has 0 fully saturated rings. The topological polar surface area (TPSA) is 83.6 Å². The van der Waals surface area contributed by atoms with E-state index in [0.29, 0.717) is 11.1 Å². The molecule has 3 rings (SSSR count). The minimum atomic E-state index is -1.20. The smallest absolute Gasteiger partial charge is 0.342 e. The number of oxazole rings is 1. The highest BCUT2D eigenvalue weighted by Crippen LogP contribution is 2.36. The summed E-state index contributed by atoms with van der Waals surface area (Å²) >= 11 is 12.6. The van der Waals surface area contributed by atoms with Crippen LogP contribution in [0, 0.1) is 0 Å². The van der Waals surface area contributed by atoms with Crippen LogP contribution in [0.2, 0.25) is 10.0 Å². The summed E-state index contributed by atoms with van der Waals surface area (Å²) in [6.45, 7) is 0. The van der Waals surface area contributed by atoms with Crippen LogP contribution in [0.5, 0.6) is 5.75 Å². The summed E-state index contributed by atoms with van der Waals surface area (Å²) in [7, 11) is 0. The number of halogens is 2. The monoisotopic (exact) mass is 381 g/mol. The fourth-order valence-corrected chi connectivity index (χ4v) is 3.21. The number of aliphatic carboxylic acids is 1. The molecule has 0 saturated carbocycles. The minimum Gasteiger partial charge on any atom is -0.506 e. The first-order chi connectivity index (χ1) is 11.4. The van der Waals surface area contributed by atoms with Gasteiger partial charge in [0.15, 0.2) is 5.58 Å². The van der Waals surface area contributed by atoms with Crippen molar-refractivity contribution in [3.05, 3.63) is 56.9 Å². The van der Waals surface area contributed by atoms with Gasteiger partial charge in [-0.05, 0) is 42.1 Å². The van der Waals surface area contributed by atoms with E-state index in [9.17, 15) is 15.0 Å². The maximum Gasteiger partial charge on any atom is 0.342 e. The lowest BCUT2D eigenvalue weighted by Gasteiger charge is -2.04. The molecule has 122 valence electrons. The number of aromatic nitrogens is 1. The van der Waals surface area contributed by atoms with E-state index in [4.69, 9.17) is 27.6 Å². The lowest BCUT2D eigenvalue weighted by atomic mass is 10.2. The molecule has 0 bridgehead atoms. The Morgan fingerprint density at radius 1 is 1.25 bits per heavy atom. The quantitative estimate of drug-likeness (QED) is 0.485. The molecule has 8 heteroatoms. The normalized spacial score (nSPS) is 11.8. The second kappa shape index (κ2) is 6.76. The van der Waals surface area contributed by atoms with Gasteiger partial charge in [0.2, 0.25) is 0 Å². The zero-order chi connectivity index (χ0) is 17.3. The number of hydrogen-bond acceptors (Lipinski definition) is 5. The van der Waals surface area contributed by atoms with Crippen molar-refractivity contribution in [3.8, 4) is 5.75 Å². The van der Waals surface area contributed by atoms with Crippen LogP contribution in [0.1, 0.15) is 5.56 Å². The second-order valence-electron chi connectivity index (χ2n) is 4.69. The van der Waals surface area contributed by atoms with Crippen molar-refractivity contribution >= 4 is 58.1 Å². The third-order valence-corrected chi connectivity index (χ3v) is 4.39. The van der Waals surface area contributed by atoms with E-state index >= 15 is 0 Å². The average molecular weight is 382 g/mol. The van der Waals surface area contributed by atoms with Gasteiger partial charge in [0.25, 0.3) is 5.22 Å². The van der Waals surface area contributed by atoms with E-state index in [0.717, 1.165) is 11.8 Å². The van der Waals surface area contributed by atoms with Crippen LogP contribution in [0.4, 0.5) is 0 Å². The Hall–Kier alpha value is -2.15. The van der Waals surface area contributed by atoms with Crippen molar-refractivity contribution in [2.45, 2.75) is 5.22 Å². The van der Waals surface area contributed by atoms with Crippen LogP contribution < -0.4 is 0 Å². The number of carbonyl (C=O) groups is 1. The van der Waals surface area contributed by atoms with Gasteiger partial charge < -0.3 is 14.6 Å². The van der Waals surface area contributed by atoms with Gasteiger partial charge in [0.05, 0.1) is 5.02 Å². The highest BCUT2D eigenvalue weighted by atomic mass is 35.5.